The van der Waals surface area contributed by atoms with Gasteiger partial charge in [0.1, 0.15) is 11.8 Å². The van der Waals surface area contributed by atoms with Crippen molar-refractivity contribution in [3.63, 3.8) is 0 Å². The molecule has 0 aromatic heterocycles. The minimum Gasteiger partial charge on any atom is -0.490 e. The molecule has 2 heteroatoms. The normalized spacial score (nSPS) is 9.73. The van der Waals surface area contributed by atoms with E-state index < -0.39 is 0 Å². The van der Waals surface area contributed by atoms with Crippen molar-refractivity contribution < 1.29 is 4.74 Å². The highest BCUT2D eigenvalue weighted by Crippen LogP contribution is 2.20. The molecule has 0 bridgehead atoms. The number of nitriles is 1. The number of hydrogen-bond acceptors (Lipinski definition) is 2. The molecule has 0 fully saturated rings. The van der Waals surface area contributed by atoms with Crippen LogP contribution in [0.15, 0.2) is 30.9 Å². The first-order valence-electron chi connectivity index (χ1n) is 4.98. The molecule has 0 atom stereocenters. The summed E-state index contributed by atoms with van der Waals surface area (Å²) in [5.41, 5.74) is 1.67. The lowest BCUT2D eigenvalue weighted by Crippen LogP contribution is -2.06. The fourth-order valence-corrected chi connectivity index (χ4v) is 1.31. The SMILES string of the molecule is C=CCc1ccc(OC(C)C)c(C#N)c1. The first-order chi connectivity index (χ1) is 7.17. The van der Waals surface area contributed by atoms with E-state index in [0.717, 1.165) is 12.0 Å². The van der Waals surface area contributed by atoms with Gasteiger partial charge in [0.2, 0.25) is 0 Å². The third-order valence-electron chi connectivity index (χ3n) is 1.91. The van der Waals surface area contributed by atoms with Crippen LogP contribution in [0.3, 0.4) is 0 Å². The highest BCUT2D eigenvalue weighted by atomic mass is 16.5. The van der Waals surface area contributed by atoms with Crippen molar-refractivity contribution in [3.8, 4) is 11.8 Å². The van der Waals surface area contributed by atoms with Crippen molar-refractivity contribution >= 4 is 0 Å². The second-order valence-electron chi connectivity index (χ2n) is 3.60. The summed E-state index contributed by atoms with van der Waals surface area (Å²) in [5, 5.41) is 8.97. The molecule has 1 aromatic carbocycles. The fraction of sp³-hybridized carbons (Fsp3) is 0.308. The monoisotopic (exact) mass is 201 g/mol. The van der Waals surface area contributed by atoms with Crippen LogP contribution in [0.1, 0.15) is 25.0 Å². The molecule has 0 heterocycles. The zero-order valence-electron chi connectivity index (χ0n) is 9.16. The van der Waals surface area contributed by atoms with Gasteiger partial charge in [-0.3, -0.25) is 0 Å². The summed E-state index contributed by atoms with van der Waals surface area (Å²) in [6, 6.07) is 7.79. The predicted octanol–water partition coefficient (Wildman–Crippen LogP) is 3.07. The molecular formula is C13H15NO. The first-order valence-corrected chi connectivity index (χ1v) is 4.98. The van der Waals surface area contributed by atoms with Gasteiger partial charge in [0, 0.05) is 0 Å². The molecule has 0 unspecified atom stereocenters. The predicted molar refractivity (Wildman–Crippen MR) is 60.8 cm³/mol. The van der Waals surface area contributed by atoms with E-state index in [1.165, 1.54) is 0 Å². The zero-order chi connectivity index (χ0) is 11.3. The Kier molecular flexibility index (Phi) is 3.93. The molecule has 0 saturated heterocycles. The van der Waals surface area contributed by atoms with Crippen LogP contribution in [0, 0.1) is 11.3 Å². The zero-order valence-corrected chi connectivity index (χ0v) is 9.16. The number of rotatable bonds is 4. The fourth-order valence-electron chi connectivity index (χ4n) is 1.31. The Balaban J connectivity index is 2.99. The molecule has 0 aliphatic heterocycles. The Labute approximate surface area is 90.8 Å². The lowest BCUT2D eigenvalue weighted by molar-refractivity contribution is 0.241. The summed E-state index contributed by atoms with van der Waals surface area (Å²) < 4.78 is 5.52. The maximum atomic E-state index is 8.97. The Morgan fingerprint density at radius 2 is 2.27 bits per heavy atom. The van der Waals surface area contributed by atoms with Gasteiger partial charge in [0.05, 0.1) is 11.7 Å². The number of allylic oxidation sites excluding steroid dienone is 1. The van der Waals surface area contributed by atoms with Crippen molar-refractivity contribution in [2.24, 2.45) is 0 Å². The number of benzene rings is 1. The summed E-state index contributed by atoms with van der Waals surface area (Å²) in [7, 11) is 0. The lowest BCUT2D eigenvalue weighted by Gasteiger charge is -2.11. The number of ether oxygens (including phenoxy) is 1. The van der Waals surface area contributed by atoms with Crippen molar-refractivity contribution in [3.05, 3.63) is 42.0 Å². The van der Waals surface area contributed by atoms with Gasteiger partial charge in [-0.2, -0.15) is 5.26 Å². The summed E-state index contributed by atoms with van der Waals surface area (Å²) >= 11 is 0. The second-order valence-corrected chi connectivity index (χ2v) is 3.60. The summed E-state index contributed by atoms with van der Waals surface area (Å²) in [5.74, 6) is 0.653. The van der Waals surface area contributed by atoms with Gasteiger partial charge in [0.25, 0.3) is 0 Å². The van der Waals surface area contributed by atoms with E-state index in [1.807, 2.05) is 38.1 Å². The molecule has 0 spiro atoms. The molecular weight excluding hydrogens is 186 g/mol. The maximum absolute atomic E-state index is 8.97. The van der Waals surface area contributed by atoms with Crippen LogP contribution in [-0.2, 0) is 6.42 Å². The Morgan fingerprint density at radius 3 is 2.80 bits per heavy atom. The standard InChI is InChI=1S/C13H15NO/c1-4-5-11-6-7-13(15-10(2)3)12(8-11)9-14/h4,6-8,10H,1,5H2,2-3H3. The van der Waals surface area contributed by atoms with Crippen molar-refractivity contribution in [2.45, 2.75) is 26.4 Å². The Bertz CT molecular complexity index is 388. The van der Waals surface area contributed by atoms with E-state index in [0.29, 0.717) is 11.3 Å². The molecule has 0 saturated carbocycles. The van der Waals surface area contributed by atoms with Crippen LogP contribution in [0.2, 0.25) is 0 Å². The second kappa shape index (κ2) is 5.21. The van der Waals surface area contributed by atoms with E-state index in [2.05, 4.69) is 12.6 Å². The van der Waals surface area contributed by atoms with E-state index in [9.17, 15) is 0 Å². The highest BCUT2D eigenvalue weighted by molar-refractivity contribution is 5.45. The minimum absolute atomic E-state index is 0.0855. The van der Waals surface area contributed by atoms with Crippen LogP contribution in [0.25, 0.3) is 0 Å². The molecule has 0 aliphatic rings. The van der Waals surface area contributed by atoms with Gasteiger partial charge in [-0.25, -0.2) is 0 Å². The van der Waals surface area contributed by atoms with Gasteiger partial charge >= 0.3 is 0 Å². The van der Waals surface area contributed by atoms with Gasteiger partial charge in [-0.15, -0.1) is 6.58 Å². The van der Waals surface area contributed by atoms with Gasteiger partial charge in [-0.1, -0.05) is 12.1 Å². The van der Waals surface area contributed by atoms with Crippen LogP contribution in [0.4, 0.5) is 0 Å². The maximum Gasteiger partial charge on any atom is 0.137 e. The quantitative estimate of drug-likeness (QED) is 0.701. The molecule has 78 valence electrons. The number of hydrogen-bond donors (Lipinski definition) is 0. The van der Waals surface area contributed by atoms with Gasteiger partial charge in [-0.05, 0) is 38.0 Å². The molecule has 1 aromatic rings. The Hall–Kier alpha value is -1.75. The summed E-state index contributed by atoms with van der Waals surface area (Å²) in [6.45, 7) is 7.55. The molecule has 0 amide bonds. The van der Waals surface area contributed by atoms with Crippen molar-refractivity contribution in [1.82, 2.24) is 0 Å². The molecule has 0 aliphatic carbocycles. The lowest BCUT2D eigenvalue weighted by atomic mass is 10.1. The highest BCUT2D eigenvalue weighted by Gasteiger charge is 2.05. The third kappa shape index (κ3) is 3.14. The minimum atomic E-state index is 0.0855. The van der Waals surface area contributed by atoms with E-state index in [1.54, 1.807) is 0 Å². The molecule has 2 nitrogen and oxygen atoms in total. The molecule has 1 rings (SSSR count). The Morgan fingerprint density at radius 1 is 1.53 bits per heavy atom. The van der Waals surface area contributed by atoms with Crippen molar-refractivity contribution in [2.75, 3.05) is 0 Å². The topological polar surface area (TPSA) is 33.0 Å². The molecule has 0 N–H and O–H groups in total. The first kappa shape index (κ1) is 11.3. The van der Waals surface area contributed by atoms with Crippen LogP contribution in [0.5, 0.6) is 5.75 Å². The van der Waals surface area contributed by atoms with Gasteiger partial charge in [0.15, 0.2) is 0 Å². The van der Waals surface area contributed by atoms with Crippen molar-refractivity contribution in [1.29, 1.82) is 5.26 Å². The van der Waals surface area contributed by atoms with E-state index in [4.69, 9.17) is 10.00 Å². The third-order valence-corrected chi connectivity index (χ3v) is 1.91. The van der Waals surface area contributed by atoms with E-state index >= 15 is 0 Å². The van der Waals surface area contributed by atoms with E-state index in [-0.39, 0.29) is 6.10 Å². The van der Waals surface area contributed by atoms with Crippen LogP contribution >= 0.6 is 0 Å². The molecule has 0 radical (unpaired) electrons. The summed E-state index contributed by atoms with van der Waals surface area (Å²) in [6.07, 6.45) is 2.68. The molecule has 15 heavy (non-hydrogen) atoms. The average Bonchev–Trinajstić information content (AvgIpc) is 2.20. The summed E-state index contributed by atoms with van der Waals surface area (Å²) in [4.78, 5) is 0. The van der Waals surface area contributed by atoms with Gasteiger partial charge < -0.3 is 4.74 Å². The van der Waals surface area contributed by atoms with Crippen LogP contribution < -0.4 is 4.74 Å². The smallest absolute Gasteiger partial charge is 0.137 e. The average molecular weight is 201 g/mol. The van der Waals surface area contributed by atoms with Crippen LogP contribution in [-0.4, -0.2) is 6.10 Å². The number of nitrogens with zero attached hydrogens (tertiary/aromatic N) is 1. The largest absolute Gasteiger partial charge is 0.490 e.